The van der Waals surface area contributed by atoms with Crippen LogP contribution in [0.25, 0.3) is 0 Å². The van der Waals surface area contributed by atoms with Crippen molar-refractivity contribution in [2.75, 3.05) is 0 Å². The quantitative estimate of drug-likeness (QED) is 0.516. The van der Waals surface area contributed by atoms with E-state index in [9.17, 15) is 19.5 Å². The van der Waals surface area contributed by atoms with Crippen molar-refractivity contribution in [1.82, 2.24) is 0 Å². The van der Waals surface area contributed by atoms with E-state index in [1.807, 2.05) is 6.92 Å². The normalized spacial score (nSPS) is 36.8. The van der Waals surface area contributed by atoms with Gasteiger partial charge in [-0.15, -0.1) is 0 Å². The first-order valence-electron chi connectivity index (χ1n) is 11.2. The molecule has 31 heavy (non-hydrogen) atoms. The minimum absolute atomic E-state index is 0.0192. The van der Waals surface area contributed by atoms with E-state index < -0.39 is 40.9 Å². The largest absolute Gasteiger partial charge is 0.459 e. The molecule has 0 radical (unpaired) electrons. The number of allylic oxidation sites excluding steroid dienone is 2. The highest BCUT2D eigenvalue weighted by Gasteiger charge is 2.63. The monoisotopic (exact) mass is 434 g/mol. The number of hydrogen-bond acceptors (Lipinski definition) is 6. The number of carbonyl (C=O) groups excluding carboxylic acids is 3. The van der Waals surface area contributed by atoms with Crippen LogP contribution in [0.15, 0.2) is 23.3 Å². The molecule has 6 nitrogen and oxygen atoms in total. The van der Waals surface area contributed by atoms with Crippen LogP contribution in [0.4, 0.5) is 0 Å². The number of esters is 2. The Labute approximate surface area is 186 Å². The predicted octanol–water partition coefficient (Wildman–Crippen LogP) is 4.15. The van der Waals surface area contributed by atoms with Crippen LogP contribution in [0.2, 0.25) is 0 Å². The molecule has 0 aliphatic heterocycles. The van der Waals surface area contributed by atoms with E-state index in [2.05, 4.69) is 13.8 Å². The molecule has 0 saturated heterocycles. The predicted molar refractivity (Wildman–Crippen MR) is 118 cm³/mol. The molecule has 2 saturated carbocycles. The molecule has 0 spiro atoms. The Balaban J connectivity index is 2.59. The number of fused-ring (bicyclic) bond motifs is 1. The lowest BCUT2D eigenvalue weighted by Gasteiger charge is -2.41. The molecule has 2 rings (SSSR count). The summed E-state index contributed by atoms with van der Waals surface area (Å²) in [6, 6.07) is 0. The van der Waals surface area contributed by atoms with Gasteiger partial charge in [-0.2, -0.15) is 0 Å². The van der Waals surface area contributed by atoms with Crippen LogP contribution < -0.4 is 0 Å². The smallest absolute Gasteiger partial charge is 0.334 e. The number of rotatable bonds is 5. The van der Waals surface area contributed by atoms with Crippen molar-refractivity contribution in [2.24, 2.45) is 23.2 Å². The second-order valence-electron chi connectivity index (χ2n) is 9.99. The molecule has 0 heterocycles. The molecule has 0 amide bonds. The Morgan fingerprint density at radius 1 is 1.06 bits per heavy atom. The van der Waals surface area contributed by atoms with Gasteiger partial charge in [-0.05, 0) is 59.3 Å². The molecule has 0 aromatic rings. The first-order chi connectivity index (χ1) is 14.3. The van der Waals surface area contributed by atoms with Crippen molar-refractivity contribution in [2.45, 2.75) is 92.5 Å². The fraction of sp³-hybridized carbons (Fsp3) is 0.720. The maximum absolute atomic E-state index is 13.5. The van der Waals surface area contributed by atoms with Crippen LogP contribution in [0.1, 0.15) is 74.7 Å². The van der Waals surface area contributed by atoms with Crippen LogP contribution in [0.5, 0.6) is 0 Å². The first-order valence-corrected chi connectivity index (χ1v) is 11.2. The fourth-order valence-electron chi connectivity index (χ4n) is 5.24. The highest BCUT2D eigenvalue weighted by atomic mass is 16.6. The number of Topliss-reactive ketones (excluding diaryl/α,β-unsaturated/α-hetero) is 1. The van der Waals surface area contributed by atoms with Gasteiger partial charge < -0.3 is 14.6 Å². The zero-order chi connectivity index (χ0) is 23.7. The van der Waals surface area contributed by atoms with E-state index >= 15 is 0 Å². The van der Waals surface area contributed by atoms with Crippen LogP contribution in [-0.2, 0) is 23.9 Å². The average molecular weight is 435 g/mol. The number of hydrogen-bond donors (Lipinski definition) is 1. The van der Waals surface area contributed by atoms with Crippen molar-refractivity contribution in [1.29, 1.82) is 0 Å². The topological polar surface area (TPSA) is 89.9 Å². The van der Waals surface area contributed by atoms with Gasteiger partial charge in [-0.25, -0.2) is 9.59 Å². The van der Waals surface area contributed by atoms with E-state index in [1.54, 1.807) is 39.8 Å². The molecular weight excluding hydrogens is 396 g/mol. The summed E-state index contributed by atoms with van der Waals surface area (Å²) < 4.78 is 11.7. The summed E-state index contributed by atoms with van der Waals surface area (Å²) >= 11 is 0. The molecule has 6 heteroatoms. The van der Waals surface area contributed by atoms with Gasteiger partial charge in [0.2, 0.25) is 5.78 Å². The molecular formula is C25H38O6. The van der Waals surface area contributed by atoms with Crippen LogP contribution in [0.3, 0.4) is 0 Å². The van der Waals surface area contributed by atoms with E-state index in [-0.39, 0.29) is 24.2 Å². The minimum atomic E-state index is -1.78. The van der Waals surface area contributed by atoms with Crippen LogP contribution in [0, 0.1) is 23.2 Å². The minimum Gasteiger partial charge on any atom is -0.459 e. The van der Waals surface area contributed by atoms with Crippen molar-refractivity contribution in [3.8, 4) is 0 Å². The van der Waals surface area contributed by atoms with Gasteiger partial charge >= 0.3 is 11.9 Å². The lowest BCUT2D eigenvalue weighted by Crippen LogP contribution is -2.50. The van der Waals surface area contributed by atoms with Gasteiger partial charge in [0.25, 0.3) is 0 Å². The Bertz CT molecular complexity index is 790. The van der Waals surface area contributed by atoms with Gasteiger partial charge in [0, 0.05) is 28.9 Å². The third-order valence-electron chi connectivity index (χ3n) is 7.46. The van der Waals surface area contributed by atoms with Crippen molar-refractivity contribution < 1.29 is 29.0 Å². The van der Waals surface area contributed by atoms with Crippen molar-refractivity contribution in [3.63, 3.8) is 0 Å². The van der Waals surface area contributed by atoms with Gasteiger partial charge in [-0.1, -0.05) is 32.9 Å². The van der Waals surface area contributed by atoms with E-state index in [1.165, 1.54) is 6.92 Å². The molecule has 6 atom stereocenters. The van der Waals surface area contributed by atoms with Gasteiger partial charge in [0.15, 0.2) is 6.10 Å². The highest BCUT2D eigenvalue weighted by molar-refractivity contribution is 5.96. The Hall–Kier alpha value is -1.95. The third-order valence-corrected chi connectivity index (χ3v) is 7.46. The van der Waals surface area contributed by atoms with Gasteiger partial charge in [0.1, 0.15) is 11.7 Å². The summed E-state index contributed by atoms with van der Waals surface area (Å²) in [5.74, 6) is -1.31. The summed E-state index contributed by atoms with van der Waals surface area (Å²) in [6.45, 7) is 14.4. The van der Waals surface area contributed by atoms with Crippen LogP contribution in [-0.4, -0.2) is 40.6 Å². The summed E-state index contributed by atoms with van der Waals surface area (Å²) in [7, 11) is 0. The number of ketones is 1. The van der Waals surface area contributed by atoms with Crippen LogP contribution >= 0.6 is 0 Å². The lowest BCUT2D eigenvalue weighted by atomic mass is 9.68. The summed E-state index contributed by atoms with van der Waals surface area (Å²) in [4.78, 5) is 38.7. The third kappa shape index (κ3) is 4.79. The van der Waals surface area contributed by atoms with E-state index in [0.29, 0.717) is 17.6 Å². The number of ether oxygens (including phenoxy) is 2. The van der Waals surface area contributed by atoms with Crippen molar-refractivity contribution >= 4 is 17.7 Å². The van der Waals surface area contributed by atoms with Gasteiger partial charge in [0.05, 0.1) is 0 Å². The zero-order valence-electron chi connectivity index (χ0n) is 20.2. The molecule has 174 valence electrons. The molecule has 2 fully saturated rings. The molecule has 0 unspecified atom stereocenters. The lowest BCUT2D eigenvalue weighted by molar-refractivity contribution is -0.168. The summed E-state index contributed by atoms with van der Waals surface area (Å²) in [6.07, 6.45) is 3.01. The highest BCUT2D eigenvalue weighted by Crippen LogP contribution is 2.57. The standard InChI is InChI=1S/C25H38O6/c1-9-15(5)22(27)30-18-13-25(8,29)20(26)21(31-23(28)16(6)10-2)24(7)12-11-17(14(3)4)19(18)24/h9-10,14,17-19,21,29H,11-13H2,1-8H3/b15-9-,16-10-/t17-,18-,19+,21+,24-,25+/m0/s1. The van der Waals surface area contributed by atoms with Gasteiger partial charge in [-0.3, -0.25) is 4.79 Å². The Kier molecular flexibility index (Phi) is 7.57. The maximum atomic E-state index is 13.5. The first kappa shape index (κ1) is 25.3. The molecule has 1 N–H and O–H groups in total. The fourth-order valence-corrected chi connectivity index (χ4v) is 5.24. The van der Waals surface area contributed by atoms with E-state index in [4.69, 9.17) is 9.47 Å². The summed E-state index contributed by atoms with van der Waals surface area (Å²) in [5, 5.41) is 11.1. The molecule has 2 aliphatic carbocycles. The zero-order valence-corrected chi connectivity index (χ0v) is 20.2. The maximum Gasteiger partial charge on any atom is 0.334 e. The molecule has 0 bridgehead atoms. The second kappa shape index (κ2) is 9.27. The SMILES string of the molecule is C/C=C(/C)C(=O)O[C@H]1C[C@@](C)(O)C(=O)[C@@H](OC(=O)/C(C)=C\C)[C@@]2(C)CC[C@@H](C(C)C)[C@H]12. The average Bonchev–Trinajstić information content (AvgIpc) is 3.05. The molecule has 0 aromatic heterocycles. The molecule has 0 aromatic carbocycles. The molecule has 2 aliphatic rings. The van der Waals surface area contributed by atoms with E-state index in [0.717, 1.165) is 6.42 Å². The Morgan fingerprint density at radius 3 is 2.06 bits per heavy atom. The number of carbonyl (C=O) groups is 3. The number of aliphatic hydroxyl groups is 1. The second-order valence-corrected chi connectivity index (χ2v) is 9.99. The summed E-state index contributed by atoms with van der Waals surface area (Å²) in [5.41, 5.74) is -1.65. The Morgan fingerprint density at radius 2 is 1.58 bits per heavy atom. The van der Waals surface area contributed by atoms with Crippen molar-refractivity contribution in [3.05, 3.63) is 23.3 Å².